The summed E-state index contributed by atoms with van der Waals surface area (Å²) in [5, 5.41) is 6.33. The quantitative estimate of drug-likeness (QED) is 0.310. The van der Waals surface area contributed by atoms with E-state index in [0.29, 0.717) is 5.92 Å². The van der Waals surface area contributed by atoms with Gasteiger partial charge in [0.1, 0.15) is 10.8 Å². The van der Waals surface area contributed by atoms with Crippen LogP contribution in [0.25, 0.3) is 10.6 Å². The first-order chi connectivity index (χ1) is 20.3. The summed E-state index contributed by atoms with van der Waals surface area (Å²) < 4.78 is 32.4. The number of ether oxygens (including phenoxy) is 1. The molecule has 0 aliphatic carbocycles. The van der Waals surface area contributed by atoms with Crippen molar-refractivity contribution in [1.29, 1.82) is 0 Å². The number of piperidine rings is 1. The zero-order chi connectivity index (χ0) is 29.3. The summed E-state index contributed by atoms with van der Waals surface area (Å²) in [6, 6.07) is 18.1. The van der Waals surface area contributed by atoms with Crippen LogP contribution in [-0.4, -0.2) is 56.9 Å². The maximum absolute atomic E-state index is 13.2. The van der Waals surface area contributed by atoms with Crippen molar-refractivity contribution < 1.29 is 22.7 Å². The Kier molecular flexibility index (Phi) is 7.80. The number of aromatic nitrogens is 1. The molecule has 9 nitrogen and oxygen atoms in total. The van der Waals surface area contributed by atoms with Crippen molar-refractivity contribution in [1.82, 2.24) is 15.2 Å². The molecule has 2 N–H and O–H groups in total. The fraction of sp³-hybridized carbons (Fsp3) is 0.258. The van der Waals surface area contributed by atoms with Crippen LogP contribution in [0.3, 0.4) is 0 Å². The summed E-state index contributed by atoms with van der Waals surface area (Å²) in [7, 11) is -1.78. The van der Waals surface area contributed by atoms with Crippen molar-refractivity contribution >= 4 is 38.7 Å². The van der Waals surface area contributed by atoms with Crippen LogP contribution in [0.5, 0.6) is 5.75 Å². The van der Waals surface area contributed by atoms with Gasteiger partial charge in [-0.25, -0.2) is 13.4 Å². The number of nitrogens with zero attached hydrogens (tertiary/aromatic N) is 2. The van der Waals surface area contributed by atoms with Gasteiger partial charge < -0.3 is 20.3 Å². The SMILES string of the molecule is CN1CCC(COc2ccc(-c3ncc(CNC(=O)c4ccc5c(c4)NC(=O)c4ccccc4S5(=O)=O)s3)cc2)CC1. The van der Waals surface area contributed by atoms with Crippen LogP contribution < -0.4 is 15.4 Å². The molecular weight excluding hydrogens is 572 g/mol. The molecule has 42 heavy (non-hydrogen) atoms. The maximum Gasteiger partial charge on any atom is 0.257 e. The third-order valence-corrected chi connectivity index (χ3v) is 10.5. The monoisotopic (exact) mass is 602 g/mol. The molecule has 1 saturated heterocycles. The van der Waals surface area contributed by atoms with Gasteiger partial charge in [-0.15, -0.1) is 11.3 Å². The highest BCUT2D eigenvalue weighted by Crippen LogP contribution is 2.34. The molecular formula is C31H30N4O5S2. The Morgan fingerprint density at radius 2 is 1.83 bits per heavy atom. The number of hydrogen-bond acceptors (Lipinski definition) is 8. The van der Waals surface area contributed by atoms with Crippen molar-refractivity contribution in [2.45, 2.75) is 29.2 Å². The van der Waals surface area contributed by atoms with E-state index in [9.17, 15) is 18.0 Å². The summed E-state index contributed by atoms with van der Waals surface area (Å²) >= 11 is 1.48. The Morgan fingerprint density at radius 3 is 2.62 bits per heavy atom. The minimum Gasteiger partial charge on any atom is -0.493 e. The largest absolute Gasteiger partial charge is 0.493 e. The molecule has 0 unspecified atom stereocenters. The predicted molar refractivity (Wildman–Crippen MR) is 161 cm³/mol. The fourth-order valence-corrected chi connectivity index (χ4v) is 7.58. The molecule has 2 amide bonds. The number of fused-ring (bicyclic) bond motifs is 2. The molecule has 11 heteroatoms. The number of rotatable bonds is 7. The predicted octanol–water partition coefficient (Wildman–Crippen LogP) is 4.86. The first-order valence-corrected chi connectivity index (χ1v) is 16.0. The molecule has 1 aromatic heterocycles. The van der Waals surface area contributed by atoms with Gasteiger partial charge in [0.2, 0.25) is 9.84 Å². The molecule has 3 heterocycles. The molecule has 0 atom stereocenters. The Bertz CT molecular complexity index is 1740. The Morgan fingerprint density at radius 1 is 1.07 bits per heavy atom. The van der Waals surface area contributed by atoms with Crippen LogP contribution in [0.15, 0.2) is 82.7 Å². The molecule has 0 saturated carbocycles. The van der Waals surface area contributed by atoms with Gasteiger partial charge in [0.05, 0.1) is 34.2 Å². The fourth-order valence-electron chi connectivity index (χ4n) is 5.13. The van der Waals surface area contributed by atoms with E-state index < -0.39 is 21.7 Å². The van der Waals surface area contributed by atoms with E-state index in [1.54, 1.807) is 18.3 Å². The normalized spacial score (nSPS) is 16.5. The molecule has 216 valence electrons. The van der Waals surface area contributed by atoms with Crippen LogP contribution in [0, 0.1) is 5.92 Å². The minimum absolute atomic E-state index is 0.0531. The van der Waals surface area contributed by atoms with Crippen LogP contribution in [0.4, 0.5) is 5.69 Å². The van der Waals surface area contributed by atoms with Crippen LogP contribution >= 0.6 is 11.3 Å². The van der Waals surface area contributed by atoms with E-state index in [1.807, 2.05) is 24.3 Å². The standard InChI is InChI=1S/C31H30N4O5S2/c1-35-14-12-20(13-15-35)19-40-23-9-6-21(7-10-23)31-33-18-24(41-31)17-32-29(36)22-8-11-28-26(16-22)34-30(37)25-4-2-3-5-27(25)42(28,38)39/h2-11,16,18,20H,12-15,17,19H2,1H3,(H,32,36)(H,34,37). The molecule has 2 aliphatic rings. The van der Waals surface area contributed by atoms with E-state index >= 15 is 0 Å². The molecule has 0 radical (unpaired) electrons. The number of likely N-dealkylation sites (tertiary alicyclic amines) is 1. The molecule has 4 aromatic rings. The van der Waals surface area contributed by atoms with Gasteiger partial charge in [-0.2, -0.15) is 0 Å². The Hall–Kier alpha value is -4.06. The molecule has 6 rings (SSSR count). The third-order valence-electron chi connectivity index (χ3n) is 7.60. The first kappa shape index (κ1) is 28.1. The summed E-state index contributed by atoms with van der Waals surface area (Å²) in [5.74, 6) is 0.495. The van der Waals surface area contributed by atoms with E-state index in [1.165, 1.54) is 41.7 Å². The second kappa shape index (κ2) is 11.7. The molecule has 1 fully saturated rings. The summed E-state index contributed by atoms with van der Waals surface area (Å²) in [6.45, 7) is 3.21. The Balaban J connectivity index is 1.08. The van der Waals surface area contributed by atoms with E-state index in [-0.39, 0.29) is 33.2 Å². The van der Waals surface area contributed by atoms with Gasteiger partial charge in [0.25, 0.3) is 11.8 Å². The lowest BCUT2D eigenvalue weighted by Crippen LogP contribution is -2.32. The van der Waals surface area contributed by atoms with Gasteiger partial charge in [0, 0.05) is 22.2 Å². The van der Waals surface area contributed by atoms with E-state index in [2.05, 4.69) is 27.6 Å². The van der Waals surface area contributed by atoms with Crippen molar-refractivity contribution in [2.24, 2.45) is 5.92 Å². The van der Waals surface area contributed by atoms with Crippen molar-refractivity contribution in [3.8, 4) is 16.3 Å². The Labute approximate surface area is 248 Å². The van der Waals surface area contributed by atoms with Crippen molar-refractivity contribution in [3.63, 3.8) is 0 Å². The molecule has 0 spiro atoms. The van der Waals surface area contributed by atoms with Gasteiger partial charge >= 0.3 is 0 Å². The average molecular weight is 603 g/mol. The van der Waals surface area contributed by atoms with E-state index in [0.717, 1.165) is 53.7 Å². The number of anilines is 1. The minimum atomic E-state index is -3.94. The number of carbonyl (C=O) groups excluding carboxylic acids is 2. The van der Waals surface area contributed by atoms with Gasteiger partial charge in [-0.05, 0) is 93.5 Å². The molecule has 2 aliphatic heterocycles. The number of nitrogens with one attached hydrogen (secondary N) is 2. The van der Waals surface area contributed by atoms with Gasteiger partial charge in [-0.1, -0.05) is 12.1 Å². The summed E-state index contributed by atoms with van der Waals surface area (Å²) in [4.78, 5) is 33.3. The number of benzene rings is 3. The molecule has 0 bridgehead atoms. The van der Waals surface area contributed by atoms with Crippen LogP contribution in [-0.2, 0) is 16.4 Å². The molecule has 3 aromatic carbocycles. The van der Waals surface area contributed by atoms with Crippen molar-refractivity contribution in [3.05, 3.63) is 88.9 Å². The number of carbonyl (C=O) groups is 2. The smallest absolute Gasteiger partial charge is 0.257 e. The number of thiazole rings is 1. The average Bonchev–Trinajstić information content (AvgIpc) is 3.46. The maximum atomic E-state index is 13.2. The number of hydrogen-bond donors (Lipinski definition) is 2. The topological polar surface area (TPSA) is 118 Å². The third kappa shape index (κ3) is 5.80. The second-order valence-corrected chi connectivity index (χ2v) is 13.6. The lowest BCUT2D eigenvalue weighted by molar-refractivity contribution is 0.0949. The van der Waals surface area contributed by atoms with Gasteiger partial charge in [0.15, 0.2) is 0 Å². The lowest BCUT2D eigenvalue weighted by atomic mass is 9.98. The lowest BCUT2D eigenvalue weighted by Gasteiger charge is -2.28. The highest BCUT2D eigenvalue weighted by molar-refractivity contribution is 7.91. The zero-order valence-electron chi connectivity index (χ0n) is 23.0. The zero-order valence-corrected chi connectivity index (χ0v) is 24.6. The highest BCUT2D eigenvalue weighted by atomic mass is 32.2. The van der Waals surface area contributed by atoms with Crippen LogP contribution in [0.2, 0.25) is 0 Å². The first-order valence-electron chi connectivity index (χ1n) is 13.7. The summed E-state index contributed by atoms with van der Waals surface area (Å²) in [6.07, 6.45) is 4.05. The van der Waals surface area contributed by atoms with Gasteiger partial charge in [-0.3, -0.25) is 9.59 Å². The second-order valence-electron chi connectivity index (χ2n) is 10.6. The van der Waals surface area contributed by atoms with Crippen molar-refractivity contribution in [2.75, 3.05) is 32.1 Å². The highest BCUT2D eigenvalue weighted by Gasteiger charge is 2.31. The number of amides is 2. The number of sulfone groups is 1. The summed E-state index contributed by atoms with van der Waals surface area (Å²) in [5.41, 5.74) is 1.34. The van der Waals surface area contributed by atoms with E-state index in [4.69, 9.17) is 4.74 Å². The van der Waals surface area contributed by atoms with Crippen LogP contribution in [0.1, 0.15) is 38.4 Å².